The molecule has 124 valence electrons. The molecular weight excluding hydrogens is 360 g/mol. The van der Waals surface area contributed by atoms with Gasteiger partial charge in [-0.2, -0.15) is 0 Å². The molecule has 1 heterocycles. The van der Waals surface area contributed by atoms with Crippen molar-refractivity contribution in [1.29, 1.82) is 0 Å². The number of rotatable bonds is 3. The van der Waals surface area contributed by atoms with Gasteiger partial charge in [-0.05, 0) is 30.3 Å². The molecule has 0 aliphatic rings. The van der Waals surface area contributed by atoms with E-state index in [1.165, 1.54) is 13.2 Å². The number of sulfone groups is 1. The van der Waals surface area contributed by atoms with E-state index in [0.29, 0.717) is 22.7 Å². The number of methoxy groups -OCH3 is 1. The molecule has 0 atom stereocenters. The molecule has 0 bridgehead atoms. The normalized spacial score (nSPS) is 11.7. The molecule has 1 aromatic heterocycles. The fourth-order valence-corrected chi connectivity index (χ4v) is 4.08. The summed E-state index contributed by atoms with van der Waals surface area (Å²) in [6, 6.07) is 6.86. The van der Waals surface area contributed by atoms with E-state index in [2.05, 4.69) is 4.98 Å². The van der Waals surface area contributed by atoms with E-state index in [1.807, 2.05) is 0 Å². The van der Waals surface area contributed by atoms with Gasteiger partial charge in [-0.3, -0.25) is 4.98 Å². The minimum atomic E-state index is -4.24. The van der Waals surface area contributed by atoms with Crippen LogP contribution in [0.5, 0.6) is 5.75 Å². The van der Waals surface area contributed by atoms with Gasteiger partial charge in [0.05, 0.1) is 22.5 Å². The molecule has 3 aromatic rings. The van der Waals surface area contributed by atoms with Gasteiger partial charge in [-0.1, -0.05) is 11.6 Å². The maximum atomic E-state index is 13.4. The Morgan fingerprint density at radius 3 is 2.38 bits per heavy atom. The van der Waals surface area contributed by atoms with Crippen LogP contribution in [0, 0.1) is 11.6 Å². The summed E-state index contributed by atoms with van der Waals surface area (Å²) < 4.78 is 57.1. The van der Waals surface area contributed by atoms with E-state index < -0.39 is 26.4 Å². The Bertz CT molecular complexity index is 1030. The minimum Gasteiger partial charge on any atom is -0.497 e. The van der Waals surface area contributed by atoms with Crippen molar-refractivity contribution in [2.75, 3.05) is 7.11 Å². The summed E-state index contributed by atoms with van der Waals surface area (Å²) in [5.41, 5.74) is 0.463. The highest BCUT2D eigenvalue weighted by Gasteiger charge is 2.24. The largest absolute Gasteiger partial charge is 0.497 e. The van der Waals surface area contributed by atoms with Crippen LogP contribution in [0.25, 0.3) is 10.9 Å². The van der Waals surface area contributed by atoms with Crippen LogP contribution in [-0.2, 0) is 9.84 Å². The minimum absolute atomic E-state index is 0.0939. The predicted molar refractivity (Wildman–Crippen MR) is 85.1 cm³/mol. The van der Waals surface area contributed by atoms with Crippen LogP contribution in [-0.4, -0.2) is 20.5 Å². The molecule has 0 spiro atoms. The molecular formula is C16H10ClF2NO3S. The fourth-order valence-electron chi connectivity index (χ4n) is 2.25. The number of pyridine rings is 1. The average molecular weight is 370 g/mol. The molecule has 0 aliphatic carbocycles. The molecule has 8 heteroatoms. The van der Waals surface area contributed by atoms with E-state index in [-0.39, 0.29) is 9.92 Å². The van der Waals surface area contributed by atoms with Gasteiger partial charge >= 0.3 is 0 Å². The molecule has 3 rings (SSSR count). The quantitative estimate of drug-likeness (QED) is 0.700. The van der Waals surface area contributed by atoms with E-state index in [0.717, 1.165) is 18.3 Å². The lowest BCUT2D eigenvalue weighted by molar-refractivity contribution is 0.415. The number of halogens is 3. The van der Waals surface area contributed by atoms with Gasteiger partial charge in [0.1, 0.15) is 22.3 Å². The molecule has 0 radical (unpaired) electrons. The number of benzene rings is 2. The topological polar surface area (TPSA) is 56.3 Å². The van der Waals surface area contributed by atoms with Crippen molar-refractivity contribution in [3.63, 3.8) is 0 Å². The highest BCUT2D eigenvalue weighted by Crippen LogP contribution is 2.34. The summed E-state index contributed by atoms with van der Waals surface area (Å²) in [5, 5.41) is 0.262. The molecule has 0 N–H and O–H groups in total. The van der Waals surface area contributed by atoms with Crippen molar-refractivity contribution in [3.05, 3.63) is 59.3 Å². The van der Waals surface area contributed by atoms with Gasteiger partial charge in [0.2, 0.25) is 9.84 Å². The molecule has 0 aliphatic heterocycles. The first kappa shape index (κ1) is 16.6. The molecule has 2 aromatic carbocycles. The molecule has 0 saturated carbocycles. The number of fused-ring (bicyclic) bond motifs is 1. The van der Waals surface area contributed by atoms with Crippen LogP contribution < -0.4 is 4.74 Å². The summed E-state index contributed by atoms with van der Waals surface area (Å²) in [4.78, 5) is 3.17. The van der Waals surface area contributed by atoms with Gasteiger partial charge in [-0.15, -0.1) is 0 Å². The second-order valence-electron chi connectivity index (χ2n) is 4.93. The molecule has 0 amide bonds. The summed E-state index contributed by atoms with van der Waals surface area (Å²) in [6.07, 6.45) is 1.06. The van der Waals surface area contributed by atoms with Crippen molar-refractivity contribution in [2.45, 2.75) is 9.79 Å². The Labute approximate surface area is 141 Å². The van der Waals surface area contributed by atoms with Gasteiger partial charge in [0.15, 0.2) is 0 Å². The summed E-state index contributed by atoms with van der Waals surface area (Å²) in [6.45, 7) is 0. The van der Waals surface area contributed by atoms with Crippen molar-refractivity contribution < 1.29 is 21.9 Å². The van der Waals surface area contributed by atoms with Crippen molar-refractivity contribution in [3.8, 4) is 5.75 Å². The van der Waals surface area contributed by atoms with Crippen LogP contribution >= 0.6 is 11.6 Å². The number of hydrogen-bond acceptors (Lipinski definition) is 4. The number of aromatic nitrogens is 1. The monoisotopic (exact) mass is 369 g/mol. The zero-order valence-electron chi connectivity index (χ0n) is 12.3. The predicted octanol–water partition coefficient (Wildman–Crippen LogP) is 4.01. The number of hydrogen-bond donors (Lipinski definition) is 0. The van der Waals surface area contributed by atoms with E-state index in [1.54, 1.807) is 12.1 Å². The standard InChI is InChI=1S/C16H10ClF2NO3S/c1-23-11-2-3-14-13(7-11)16(17)15(8-20-14)24(21,22)12-5-9(18)4-10(19)6-12/h2-8H,1H3. The van der Waals surface area contributed by atoms with E-state index in [4.69, 9.17) is 16.3 Å². The second-order valence-corrected chi connectivity index (χ2v) is 7.22. The van der Waals surface area contributed by atoms with Crippen molar-refractivity contribution in [2.24, 2.45) is 0 Å². The van der Waals surface area contributed by atoms with Crippen LogP contribution in [0.4, 0.5) is 8.78 Å². The van der Waals surface area contributed by atoms with Crippen LogP contribution in [0.3, 0.4) is 0 Å². The maximum absolute atomic E-state index is 13.4. The van der Waals surface area contributed by atoms with Crippen molar-refractivity contribution in [1.82, 2.24) is 4.98 Å². The first-order valence-electron chi connectivity index (χ1n) is 6.66. The Hall–Kier alpha value is -2.25. The Balaban J connectivity index is 2.26. The lowest BCUT2D eigenvalue weighted by Crippen LogP contribution is -2.05. The summed E-state index contributed by atoms with van der Waals surface area (Å²) in [5.74, 6) is -1.53. The molecule has 0 saturated heterocycles. The van der Waals surface area contributed by atoms with Gasteiger partial charge in [0.25, 0.3) is 0 Å². The zero-order valence-corrected chi connectivity index (χ0v) is 13.8. The third-order valence-corrected chi connectivity index (χ3v) is 5.68. The lowest BCUT2D eigenvalue weighted by atomic mass is 10.2. The lowest BCUT2D eigenvalue weighted by Gasteiger charge is -2.10. The third-order valence-electron chi connectivity index (χ3n) is 3.41. The molecule has 0 fully saturated rings. The van der Waals surface area contributed by atoms with E-state index >= 15 is 0 Å². The van der Waals surface area contributed by atoms with Crippen LogP contribution in [0.1, 0.15) is 0 Å². The highest BCUT2D eigenvalue weighted by molar-refractivity contribution is 7.91. The Kier molecular flexibility index (Phi) is 4.15. The van der Waals surface area contributed by atoms with Crippen LogP contribution in [0.2, 0.25) is 5.02 Å². The Morgan fingerprint density at radius 1 is 1.08 bits per heavy atom. The first-order chi connectivity index (χ1) is 11.3. The van der Waals surface area contributed by atoms with Gasteiger partial charge in [0, 0.05) is 17.6 Å². The summed E-state index contributed by atoms with van der Waals surface area (Å²) >= 11 is 6.22. The van der Waals surface area contributed by atoms with E-state index in [9.17, 15) is 17.2 Å². The second kappa shape index (κ2) is 5.99. The zero-order chi connectivity index (χ0) is 17.5. The third kappa shape index (κ3) is 2.81. The van der Waals surface area contributed by atoms with Crippen molar-refractivity contribution >= 4 is 32.3 Å². The smallest absolute Gasteiger partial charge is 0.209 e. The number of ether oxygens (including phenoxy) is 1. The molecule has 4 nitrogen and oxygen atoms in total. The Morgan fingerprint density at radius 2 is 1.75 bits per heavy atom. The van der Waals surface area contributed by atoms with Crippen LogP contribution in [0.15, 0.2) is 52.4 Å². The molecule has 24 heavy (non-hydrogen) atoms. The molecule has 0 unspecified atom stereocenters. The first-order valence-corrected chi connectivity index (χ1v) is 8.52. The van der Waals surface area contributed by atoms with Gasteiger partial charge < -0.3 is 4.74 Å². The number of nitrogens with zero attached hydrogens (tertiary/aromatic N) is 1. The fraction of sp³-hybridized carbons (Fsp3) is 0.0625. The van der Waals surface area contributed by atoms with Gasteiger partial charge in [-0.25, -0.2) is 17.2 Å². The maximum Gasteiger partial charge on any atom is 0.209 e. The SMILES string of the molecule is COc1ccc2ncc(S(=O)(=O)c3cc(F)cc(F)c3)c(Cl)c2c1. The highest BCUT2D eigenvalue weighted by atomic mass is 35.5. The summed E-state index contributed by atoms with van der Waals surface area (Å²) in [7, 11) is -2.78. The average Bonchev–Trinajstić information content (AvgIpc) is 2.54.